The van der Waals surface area contributed by atoms with Gasteiger partial charge >= 0.3 is 5.69 Å². The molecule has 5 rings (SSSR count). The number of benzene rings is 3. The Hall–Kier alpha value is -5.90. The highest BCUT2D eigenvalue weighted by molar-refractivity contribution is 7.18. The van der Waals surface area contributed by atoms with Crippen molar-refractivity contribution in [1.29, 1.82) is 0 Å². The van der Waals surface area contributed by atoms with Gasteiger partial charge in [-0.15, -0.1) is 0 Å². The minimum Gasteiger partial charge on any atom is -0.454 e. The molecular formula is C27H21N7O8S. The van der Waals surface area contributed by atoms with Crippen LogP contribution >= 0.6 is 11.3 Å². The van der Waals surface area contributed by atoms with Gasteiger partial charge in [-0.3, -0.25) is 35.8 Å². The fourth-order valence-electron chi connectivity index (χ4n) is 4.06. The van der Waals surface area contributed by atoms with E-state index in [4.69, 9.17) is 9.47 Å². The largest absolute Gasteiger partial charge is 0.454 e. The number of aromatic nitrogens is 1. The molecule has 0 saturated carbocycles. The summed E-state index contributed by atoms with van der Waals surface area (Å²) in [5, 5.41) is 42.1. The normalized spacial score (nSPS) is 12.4. The van der Waals surface area contributed by atoms with Crippen LogP contribution in [0.1, 0.15) is 21.7 Å². The smallest absolute Gasteiger partial charge is 0.301 e. The molecule has 0 aliphatic carbocycles. The number of aryl methyl sites for hydroxylation is 2. The molecule has 3 aromatic carbocycles. The third kappa shape index (κ3) is 6.38. The maximum absolute atomic E-state index is 11.6. The Morgan fingerprint density at radius 1 is 0.907 bits per heavy atom. The first-order valence-electron chi connectivity index (χ1n) is 12.4. The Balaban J connectivity index is 1.52. The molecule has 0 saturated heterocycles. The van der Waals surface area contributed by atoms with Gasteiger partial charge in [0, 0.05) is 12.1 Å². The van der Waals surface area contributed by atoms with E-state index in [9.17, 15) is 30.3 Å². The molecule has 2 heterocycles. The summed E-state index contributed by atoms with van der Waals surface area (Å²) in [5.41, 5.74) is 4.05. The number of fused-ring (bicyclic) bond motifs is 1. The van der Waals surface area contributed by atoms with E-state index in [1.807, 2.05) is 0 Å². The molecule has 43 heavy (non-hydrogen) atoms. The topological polar surface area (TPSA) is 197 Å². The Bertz CT molecular complexity index is 1840. The van der Waals surface area contributed by atoms with E-state index in [-0.39, 0.29) is 23.9 Å². The molecule has 0 atom stereocenters. The van der Waals surface area contributed by atoms with Crippen LogP contribution in [0.25, 0.3) is 6.08 Å². The molecular weight excluding hydrogens is 582 g/mol. The van der Waals surface area contributed by atoms with Gasteiger partial charge < -0.3 is 14.8 Å². The van der Waals surface area contributed by atoms with Gasteiger partial charge in [0.1, 0.15) is 17.1 Å². The van der Waals surface area contributed by atoms with Crippen molar-refractivity contribution in [3.63, 3.8) is 0 Å². The van der Waals surface area contributed by atoms with Crippen LogP contribution in [0.3, 0.4) is 0 Å². The van der Waals surface area contributed by atoms with Gasteiger partial charge in [0.05, 0.1) is 31.4 Å². The van der Waals surface area contributed by atoms with Crippen LogP contribution in [0.5, 0.6) is 11.5 Å². The Labute approximate surface area is 246 Å². The second-order valence-electron chi connectivity index (χ2n) is 9.11. The highest BCUT2D eigenvalue weighted by atomic mass is 32.1. The minimum atomic E-state index is -0.749. The predicted molar refractivity (Wildman–Crippen MR) is 159 cm³/mol. The lowest BCUT2D eigenvalue weighted by Gasteiger charge is -2.05. The summed E-state index contributed by atoms with van der Waals surface area (Å²) in [6, 6.07) is 13.3. The summed E-state index contributed by atoms with van der Waals surface area (Å²) < 4.78 is 10.8. The van der Waals surface area contributed by atoms with Crippen molar-refractivity contribution in [2.45, 2.75) is 13.8 Å². The quantitative estimate of drug-likeness (QED) is 0.114. The van der Waals surface area contributed by atoms with E-state index in [1.54, 1.807) is 56.3 Å². The number of rotatable bonds is 10. The Kier molecular flexibility index (Phi) is 7.93. The van der Waals surface area contributed by atoms with Crippen molar-refractivity contribution in [2.24, 2.45) is 5.10 Å². The second-order valence-corrected chi connectivity index (χ2v) is 10.1. The van der Waals surface area contributed by atoms with Crippen LogP contribution in [0.15, 0.2) is 65.8 Å². The number of allylic oxidation sites excluding steroid dienone is 1. The van der Waals surface area contributed by atoms with Crippen LogP contribution in [0.2, 0.25) is 0 Å². The molecule has 1 aliphatic rings. The van der Waals surface area contributed by atoms with E-state index in [0.29, 0.717) is 32.9 Å². The van der Waals surface area contributed by atoms with Crippen molar-refractivity contribution in [2.75, 3.05) is 17.5 Å². The zero-order chi connectivity index (χ0) is 30.7. The van der Waals surface area contributed by atoms with E-state index in [1.165, 1.54) is 12.1 Å². The molecule has 0 amide bonds. The summed E-state index contributed by atoms with van der Waals surface area (Å²) in [6.45, 7) is 3.58. The standard InChI is InChI=1S/C27H21N7O8S/c1-15-3-7-19(22(11-15)33(37)38)29-27-28-16(2)26(43-27)21(8-4-17-5-10-24-25(12-17)42-14-41-24)31-30-20-9-6-18(32(35)36)13-23(20)34(39)40/h3-13,30H,14H2,1-2H3,(H,28,29)/b8-4-,31-21+. The Morgan fingerprint density at radius 3 is 2.37 bits per heavy atom. The van der Waals surface area contributed by atoms with Crippen LogP contribution in [-0.4, -0.2) is 32.3 Å². The highest BCUT2D eigenvalue weighted by Crippen LogP contribution is 2.35. The van der Waals surface area contributed by atoms with Crippen LogP contribution in [-0.2, 0) is 0 Å². The first-order valence-corrected chi connectivity index (χ1v) is 13.2. The van der Waals surface area contributed by atoms with Gasteiger partial charge in [-0.25, -0.2) is 4.98 Å². The number of thiazole rings is 1. The van der Waals surface area contributed by atoms with Crippen molar-refractivity contribution >= 4 is 56.7 Å². The first-order chi connectivity index (χ1) is 20.6. The number of non-ortho nitro benzene ring substituents is 1. The Morgan fingerprint density at radius 2 is 1.63 bits per heavy atom. The number of hydrogen-bond acceptors (Lipinski definition) is 13. The maximum atomic E-state index is 11.6. The van der Waals surface area contributed by atoms with Crippen molar-refractivity contribution in [3.05, 3.63) is 113 Å². The van der Waals surface area contributed by atoms with Gasteiger partial charge in [-0.05, 0) is 55.3 Å². The summed E-state index contributed by atoms with van der Waals surface area (Å²) in [5.74, 6) is 1.18. The summed E-state index contributed by atoms with van der Waals surface area (Å²) in [6.07, 6.45) is 3.39. The zero-order valence-electron chi connectivity index (χ0n) is 22.5. The summed E-state index contributed by atoms with van der Waals surface area (Å²) in [4.78, 5) is 37.5. The molecule has 1 aromatic heterocycles. The molecule has 2 N–H and O–H groups in total. The van der Waals surface area contributed by atoms with Crippen LogP contribution in [0, 0.1) is 44.2 Å². The lowest BCUT2D eigenvalue weighted by atomic mass is 10.1. The number of anilines is 3. The van der Waals surface area contributed by atoms with Crippen molar-refractivity contribution in [3.8, 4) is 11.5 Å². The number of hydrogen-bond donors (Lipinski definition) is 2. The second kappa shape index (κ2) is 11.9. The van der Waals surface area contributed by atoms with Gasteiger partial charge in [0.15, 0.2) is 16.6 Å². The lowest BCUT2D eigenvalue weighted by molar-refractivity contribution is -0.393. The zero-order valence-corrected chi connectivity index (χ0v) is 23.3. The van der Waals surface area contributed by atoms with Gasteiger partial charge in [0.25, 0.3) is 11.4 Å². The molecule has 16 heteroatoms. The molecule has 4 aromatic rings. The number of ether oxygens (including phenoxy) is 2. The van der Waals surface area contributed by atoms with E-state index in [2.05, 4.69) is 20.8 Å². The highest BCUT2D eigenvalue weighted by Gasteiger charge is 2.21. The average molecular weight is 604 g/mol. The van der Waals surface area contributed by atoms with Crippen molar-refractivity contribution < 1.29 is 24.2 Å². The van der Waals surface area contributed by atoms with Gasteiger partial charge in [-0.2, -0.15) is 5.10 Å². The molecule has 0 radical (unpaired) electrons. The van der Waals surface area contributed by atoms with E-state index >= 15 is 0 Å². The fraction of sp³-hybridized carbons (Fsp3) is 0.111. The summed E-state index contributed by atoms with van der Waals surface area (Å²) >= 11 is 1.16. The molecule has 0 fully saturated rings. The predicted octanol–water partition coefficient (Wildman–Crippen LogP) is 6.49. The number of nitro groups is 3. The van der Waals surface area contributed by atoms with Gasteiger partial charge in [0.2, 0.25) is 6.79 Å². The van der Waals surface area contributed by atoms with E-state index in [0.717, 1.165) is 34.6 Å². The molecule has 15 nitrogen and oxygen atoms in total. The minimum absolute atomic E-state index is 0.0691. The monoisotopic (exact) mass is 603 g/mol. The molecule has 0 bridgehead atoms. The number of nitrogens with zero attached hydrogens (tertiary/aromatic N) is 5. The average Bonchev–Trinajstić information content (AvgIpc) is 3.59. The van der Waals surface area contributed by atoms with Crippen LogP contribution < -0.4 is 20.2 Å². The van der Waals surface area contributed by atoms with E-state index < -0.39 is 26.1 Å². The molecule has 0 spiro atoms. The van der Waals surface area contributed by atoms with Crippen LogP contribution in [0.4, 0.5) is 33.6 Å². The van der Waals surface area contributed by atoms with Crippen molar-refractivity contribution in [1.82, 2.24) is 4.98 Å². The maximum Gasteiger partial charge on any atom is 0.301 e. The fourth-order valence-corrected chi connectivity index (χ4v) is 5.01. The number of nitrogens with one attached hydrogen (secondary N) is 2. The first kappa shape index (κ1) is 28.6. The van der Waals surface area contributed by atoms with Gasteiger partial charge in [-0.1, -0.05) is 29.5 Å². The summed E-state index contributed by atoms with van der Waals surface area (Å²) in [7, 11) is 0. The third-order valence-corrected chi connectivity index (χ3v) is 7.23. The third-order valence-electron chi connectivity index (χ3n) is 6.14. The number of hydrazone groups is 1. The number of nitro benzene ring substituents is 3. The molecule has 218 valence electrons. The molecule has 0 unspecified atom stereocenters. The SMILES string of the molecule is Cc1ccc(Nc2nc(C)c(C(/C=C\c3ccc4c(c3)OCO4)=N/Nc3ccc([N+](=O)[O-])cc3[N+](=O)[O-])s2)c([N+](=O)[O-])c1. The molecule has 1 aliphatic heterocycles. The lowest BCUT2D eigenvalue weighted by Crippen LogP contribution is -2.03.